The molecule has 0 fully saturated rings. The van der Waals surface area contributed by atoms with Gasteiger partial charge in [0.1, 0.15) is 5.75 Å². The number of halogens is 1. The molecule has 1 amide bonds. The fourth-order valence-electron chi connectivity index (χ4n) is 2.88. The summed E-state index contributed by atoms with van der Waals surface area (Å²) >= 11 is 5.89. The lowest BCUT2D eigenvalue weighted by Crippen LogP contribution is -2.26. The van der Waals surface area contributed by atoms with E-state index >= 15 is 0 Å². The highest BCUT2D eigenvalue weighted by atomic mass is 35.5. The summed E-state index contributed by atoms with van der Waals surface area (Å²) in [6, 6.07) is 19.8. The van der Waals surface area contributed by atoms with E-state index in [2.05, 4.69) is 4.72 Å². The van der Waals surface area contributed by atoms with Crippen LogP contribution in [0.5, 0.6) is 5.75 Å². The van der Waals surface area contributed by atoms with Crippen molar-refractivity contribution in [2.45, 2.75) is 11.4 Å². The summed E-state index contributed by atoms with van der Waals surface area (Å²) in [7, 11) is -0.788. The summed E-state index contributed by atoms with van der Waals surface area (Å²) in [5.41, 5.74) is 1.50. The zero-order valence-corrected chi connectivity index (χ0v) is 18.1. The van der Waals surface area contributed by atoms with Crippen LogP contribution in [0, 0.1) is 0 Å². The van der Waals surface area contributed by atoms with E-state index in [9.17, 15) is 13.2 Å². The molecule has 8 heteroatoms. The molecule has 0 spiro atoms. The molecule has 0 radical (unpaired) electrons. The maximum absolute atomic E-state index is 12.8. The number of hydrogen-bond acceptors (Lipinski definition) is 4. The maximum atomic E-state index is 12.8. The van der Waals surface area contributed by atoms with Gasteiger partial charge in [0.05, 0.1) is 17.7 Å². The van der Waals surface area contributed by atoms with Crippen LogP contribution in [0.2, 0.25) is 5.02 Å². The fourth-order valence-corrected chi connectivity index (χ4v) is 4.13. The number of amides is 1. The molecule has 6 nitrogen and oxygen atoms in total. The van der Waals surface area contributed by atoms with Gasteiger partial charge >= 0.3 is 0 Å². The largest absolute Gasteiger partial charge is 0.495 e. The van der Waals surface area contributed by atoms with Crippen LogP contribution in [0.25, 0.3) is 0 Å². The second-order valence-corrected chi connectivity index (χ2v) is 8.74. The minimum absolute atomic E-state index is 0.0147. The van der Waals surface area contributed by atoms with Crippen molar-refractivity contribution < 1.29 is 17.9 Å². The van der Waals surface area contributed by atoms with E-state index in [1.807, 2.05) is 12.1 Å². The highest BCUT2D eigenvalue weighted by Gasteiger charge is 2.19. The van der Waals surface area contributed by atoms with E-state index in [1.165, 1.54) is 24.1 Å². The molecule has 0 saturated heterocycles. The Hall–Kier alpha value is -3.03. The topological polar surface area (TPSA) is 75.7 Å². The van der Waals surface area contributed by atoms with Crippen LogP contribution in [-0.4, -0.2) is 33.4 Å². The number of nitrogens with one attached hydrogen (secondary N) is 1. The Balaban J connectivity index is 1.80. The molecule has 0 bridgehead atoms. The van der Waals surface area contributed by atoms with Crippen LogP contribution in [0.3, 0.4) is 0 Å². The van der Waals surface area contributed by atoms with Gasteiger partial charge in [-0.15, -0.1) is 0 Å². The number of para-hydroxylation sites is 2. The van der Waals surface area contributed by atoms with Crippen LogP contribution in [0.4, 0.5) is 5.69 Å². The lowest BCUT2D eigenvalue weighted by Gasteiger charge is -2.18. The van der Waals surface area contributed by atoms with Crippen molar-refractivity contribution in [1.29, 1.82) is 0 Å². The number of anilines is 1. The van der Waals surface area contributed by atoms with Gasteiger partial charge in [-0.05, 0) is 48.0 Å². The second kappa shape index (κ2) is 9.19. The molecule has 1 N–H and O–H groups in total. The summed E-state index contributed by atoms with van der Waals surface area (Å²) < 4.78 is 33.4. The number of carbonyl (C=O) groups excluding carboxylic acids is 1. The van der Waals surface area contributed by atoms with Gasteiger partial charge in [-0.3, -0.25) is 9.52 Å². The highest BCUT2D eigenvalue weighted by Crippen LogP contribution is 2.26. The molecule has 0 aliphatic carbocycles. The third kappa shape index (κ3) is 5.11. The minimum atomic E-state index is -3.91. The number of nitrogens with zero attached hydrogens (tertiary/aromatic N) is 1. The third-order valence-corrected chi connectivity index (χ3v) is 6.04. The van der Waals surface area contributed by atoms with Crippen LogP contribution in [0.1, 0.15) is 15.9 Å². The van der Waals surface area contributed by atoms with Gasteiger partial charge in [0, 0.05) is 24.2 Å². The lowest BCUT2D eigenvalue weighted by atomic mass is 10.1. The van der Waals surface area contributed by atoms with E-state index in [1.54, 1.807) is 55.6 Å². The molecule has 30 heavy (non-hydrogen) atoms. The number of rotatable bonds is 7. The quantitative estimate of drug-likeness (QED) is 0.585. The van der Waals surface area contributed by atoms with Crippen molar-refractivity contribution in [3.63, 3.8) is 0 Å². The molecule has 0 aliphatic heterocycles. The van der Waals surface area contributed by atoms with Crippen molar-refractivity contribution in [3.05, 3.63) is 88.9 Å². The number of ether oxygens (including phenoxy) is 1. The molecule has 0 aliphatic rings. The Bertz CT molecular complexity index is 1150. The summed E-state index contributed by atoms with van der Waals surface area (Å²) in [5, 5.41) is 0.619. The van der Waals surface area contributed by atoms with Gasteiger partial charge in [-0.1, -0.05) is 41.9 Å². The van der Waals surface area contributed by atoms with E-state index < -0.39 is 10.0 Å². The van der Waals surface area contributed by atoms with Gasteiger partial charge in [0.15, 0.2) is 0 Å². The third-order valence-electron chi connectivity index (χ3n) is 4.42. The summed E-state index contributed by atoms with van der Waals surface area (Å²) in [6.07, 6.45) is 0. The first-order valence-electron chi connectivity index (χ1n) is 9.06. The van der Waals surface area contributed by atoms with Crippen LogP contribution in [0.15, 0.2) is 77.7 Å². The molecule has 0 heterocycles. The van der Waals surface area contributed by atoms with Crippen molar-refractivity contribution in [2.75, 3.05) is 18.9 Å². The average Bonchev–Trinajstić information content (AvgIpc) is 2.75. The molecular formula is C22H21ClN2O4S. The Labute approximate surface area is 181 Å². The average molecular weight is 445 g/mol. The number of hydrogen-bond donors (Lipinski definition) is 1. The van der Waals surface area contributed by atoms with Gasteiger partial charge in [-0.2, -0.15) is 0 Å². The fraction of sp³-hybridized carbons (Fsp3) is 0.136. The summed E-state index contributed by atoms with van der Waals surface area (Å²) in [5.74, 6) is 0.107. The van der Waals surface area contributed by atoms with Crippen LogP contribution in [-0.2, 0) is 16.6 Å². The monoisotopic (exact) mass is 444 g/mol. The van der Waals surface area contributed by atoms with Crippen molar-refractivity contribution in [3.8, 4) is 5.75 Å². The van der Waals surface area contributed by atoms with Crippen LogP contribution >= 0.6 is 11.6 Å². The zero-order chi connectivity index (χ0) is 21.7. The first-order valence-corrected chi connectivity index (χ1v) is 10.9. The highest BCUT2D eigenvalue weighted by molar-refractivity contribution is 7.92. The smallest absolute Gasteiger partial charge is 0.262 e. The number of methoxy groups -OCH3 is 1. The Morgan fingerprint density at radius 2 is 1.73 bits per heavy atom. The second-order valence-electron chi connectivity index (χ2n) is 6.62. The Morgan fingerprint density at radius 3 is 2.43 bits per heavy atom. The number of sulfonamides is 1. The minimum Gasteiger partial charge on any atom is -0.495 e. The van der Waals surface area contributed by atoms with Gasteiger partial charge < -0.3 is 9.64 Å². The zero-order valence-electron chi connectivity index (χ0n) is 16.5. The Kier molecular flexibility index (Phi) is 6.64. The lowest BCUT2D eigenvalue weighted by molar-refractivity contribution is 0.0785. The first-order chi connectivity index (χ1) is 14.3. The van der Waals surface area contributed by atoms with Gasteiger partial charge in [0.2, 0.25) is 0 Å². The van der Waals surface area contributed by atoms with Gasteiger partial charge in [-0.25, -0.2) is 8.42 Å². The molecule has 0 aromatic heterocycles. The summed E-state index contributed by atoms with van der Waals surface area (Å²) in [6.45, 7) is 0.368. The van der Waals surface area contributed by atoms with E-state index in [-0.39, 0.29) is 16.4 Å². The molecule has 0 atom stereocenters. The van der Waals surface area contributed by atoms with Crippen LogP contribution < -0.4 is 9.46 Å². The molecule has 3 aromatic rings. The standard InChI is InChI=1S/C22H21ClN2O4S/c1-25(15-16-10-12-18(23)13-11-16)22(26)17-6-5-7-19(14-17)30(27,28)24-20-8-3-4-9-21(20)29-2/h3-14,24H,15H2,1-2H3. The predicted molar refractivity (Wildman–Crippen MR) is 117 cm³/mol. The van der Waals surface area contributed by atoms with Crippen molar-refractivity contribution in [2.24, 2.45) is 0 Å². The Morgan fingerprint density at radius 1 is 1.03 bits per heavy atom. The number of carbonyl (C=O) groups is 1. The van der Waals surface area contributed by atoms with E-state index in [0.29, 0.717) is 23.0 Å². The van der Waals surface area contributed by atoms with E-state index in [0.717, 1.165) is 5.56 Å². The molecule has 3 rings (SSSR count). The first kappa shape index (κ1) is 21.7. The van der Waals surface area contributed by atoms with Crippen molar-refractivity contribution in [1.82, 2.24) is 4.90 Å². The molecular weight excluding hydrogens is 424 g/mol. The maximum Gasteiger partial charge on any atom is 0.262 e. The predicted octanol–water partition coefficient (Wildman–Crippen LogP) is 4.42. The molecule has 0 unspecified atom stereocenters. The molecule has 0 saturated carbocycles. The molecule has 3 aromatic carbocycles. The molecule has 156 valence electrons. The number of benzene rings is 3. The summed E-state index contributed by atoms with van der Waals surface area (Å²) in [4.78, 5) is 14.3. The van der Waals surface area contributed by atoms with E-state index in [4.69, 9.17) is 16.3 Å². The van der Waals surface area contributed by atoms with Gasteiger partial charge in [0.25, 0.3) is 15.9 Å². The SMILES string of the molecule is COc1ccccc1NS(=O)(=O)c1cccc(C(=O)N(C)Cc2ccc(Cl)cc2)c1. The van der Waals surface area contributed by atoms with Crippen molar-refractivity contribution >= 4 is 33.2 Å². The normalized spacial score (nSPS) is 11.0.